The minimum atomic E-state index is -3.95. The van der Waals surface area contributed by atoms with Crippen molar-refractivity contribution in [1.82, 2.24) is 9.03 Å². The maximum atomic E-state index is 13.4. The van der Waals surface area contributed by atoms with E-state index in [9.17, 15) is 21.6 Å². The zero-order chi connectivity index (χ0) is 25.1. The van der Waals surface area contributed by atoms with Gasteiger partial charge >= 0.3 is 0 Å². The van der Waals surface area contributed by atoms with Crippen LogP contribution in [0, 0.1) is 12.8 Å². The Balaban J connectivity index is 1.83. The molecule has 0 aromatic heterocycles. The van der Waals surface area contributed by atoms with E-state index in [4.69, 9.17) is 9.47 Å². The lowest BCUT2D eigenvalue weighted by Gasteiger charge is -2.31. The Bertz CT molecular complexity index is 1280. The predicted molar refractivity (Wildman–Crippen MR) is 127 cm³/mol. The van der Waals surface area contributed by atoms with Crippen molar-refractivity contribution in [3.05, 3.63) is 42.0 Å². The zero-order valence-corrected chi connectivity index (χ0v) is 21.1. The molecule has 2 N–H and O–H groups in total. The normalized spacial score (nSPS) is 17.2. The van der Waals surface area contributed by atoms with Gasteiger partial charge in [-0.15, -0.1) is 0 Å². The second kappa shape index (κ2) is 10.3. The number of hydrogen-bond donors (Lipinski definition) is 2. The number of anilines is 1. The predicted octanol–water partition coefficient (Wildman–Crippen LogP) is 1.96. The van der Waals surface area contributed by atoms with Crippen molar-refractivity contribution in [2.45, 2.75) is 29.6 Å². The fraction of sp³-hybridized carbons (Fsp3) is 0.409. The van der Waals surface area contributed by atoms with Crippen LogP contribution in [-0.4, -0.2) is 61.4 Å². The molecule has 1 aliphatic heterocycles. The van der Waals surface area contributed by atoms with Crippen molar-refractivity contribution in [3.8, 4) is 11.5 Å². The Labute approximate surface area is 200 Å². The van der Waals surface area contributed by atoms with E-state index < -0.39 is 26.0 Å². The van der Waals surface area contributed by atoms with Crippen LogP contribution < -0.4 is 19.5 Å². The van der Waals surface area contributed by atoms with E-state index in [1.165, 1.54) is 49.8 Å². The van der Waals surface area contributed by atoms with Crippen molar-refractivity contribution in [3.63, 3.8) is 0 Å². The lowest BCUT2D eigenvalue weighted by atomic mass is 9.98. The van der Waals surface area contributed by atoms with Crippen LogP contribution in [0.3, 0.4) is 0 Å². The third-order valence-electron chi connectivity index (χ3n) is 5.79. The molecule has 0 radical (unpaired) electrons. The van der Waals surface area contributed by atoms with Crippen molar-refractivity contribution < 1.29 is 31.1 Å². The minimum absolute atomic E-state index is 0.0118. The van der Waals surface area contributed by atoms with Gasteiger partial charge in [-0.05, 0) is 56.6 Å². The smallest absolute Gasteiger partial charge is 0.246 e. The Morgan fingerprint density at radius 3 is 2.44 bits per heavy atom. The van der Waals surface area contributed by atoms with E-state index in [-0.39, 0.29) is 34.5 Å². The number of ether oxygens (including phenoxy) is 2. The number of methoxy groups -OCH3 is 2. The molecule has 10 nitrogen and oxygen atoms in total. The molecule has 34 heavy (non-hydrogen) atoms. The van der Waals surface area contributed by atoms with Gasteiger partial charge in [0.2, 0.25) is 26.0 Å². The number of sulfonamides is 2. The molecular weight excluding hydrogens is 482 g/mol. The lowest BCUT2D eigenvalue weighted by molar-refractivity contribution is -0.120. The number of carbonyl (C=O) groups excluding carboxylic acids is 1. The summed E-state index contributed by atoms with van der Waals surface area (Å²) in [6.07, 6.45) is 0.997. The first kappa shape index (κ1) is 25.9. The van der Waals surface area contributed by atoms with E-state index in [2.05, 4.69) is 10.0 Å². The summed E-state index contributed by atoms with van der Waals surface area (Å²) >= 11 is 0. The quantitative estimate of drug-likeness (QED) is 0.554. The third kappa shape index (κ3) is 5.35. The zero-order valence-electron chi connectivity index (χ0n) is 19.5. The molecule has 0 spiro atoms. The van der Waals surface area contributed by atoms with Gasteiger partial charge in [0.05, 0.1) is 25.0 Å². The van der Waals surface area contributed by atoms with Crippen LogP contribution >= 0.6 is 0 Å². The number of rotatable bonds is 8. The first-order valence-electron chi connectivity index (χ1n) is 10.6. The second-order valence-electron chi connectivity index (χ2n) is 7.89. The number of nitrogens with one attached hydrogen (secondary N) is 2. The summed E-state index contributed by atoms with van der Waals surface area (Å²) in [6, 6.07) is 8.97. The molecule has 1 atom stereocenters. The molecule has 2 aromatic rings. The van der Waals surface area contributed by atoms with Gasteiger partial charge in [-0.25, -0.2) is 21.6 Å². The van der Waals surface area contributed by atoms with Gasteiger partial charge in [0.1, 0.15) is 16.4 Å². The van der Waals surface area contributed by atoms with Crippen LogP contribution in [0.1, 0.15) is 18.4 Å². The Morgan fingerprint density at radius 1 is 1.06 bits per heavy atom. The van der Waals surface area contributed by atoms with E-state index in [0.717, 1.165) is 0 Å². The number of piperidine rings is 1. The first-order valence-corrected chi connectivity index (χ1v) is 13.5. The highest BCUT2D eigenvalue weighted by atomic mass is 32.2. The van der Waals surface area contributed by atoms with Crippen molar-refractivity contribution >= 4 is 31.6 Å². The van der Waals surface area contributed by atoms with Gasteiger partial charge in [-0.1, -0.05) is 6.07 Å². The summed E-state index contributed by atoms with van der Waals surface area (Å²) in [5, 5.41) is 2.77. The summed E-state index contributed by atoms with van der Waals surface area (Å²) in [5.41, 5.74) is 1.04. The molecular formula is C22H29N3O7S2. The average Bonchev–Trinajstić information content (AvgIpc) is 2.84. The minimum Gasteiger partial charge on any atom is -0.497 e. The monoisotopic (exact) mass is 511 g/mol. The molecule has 0 aliphatic carbocycles. The number of nitrogens with zero attached hydrogens (tertiary/aromatic N) is 1. The van der Waals surface area contributed by atoms with Crippen LogP contribution in [0.15, 0.2) is 46.2 Å². The Kier molecular flexibility index (Phi) is 7.86. The highest BCUT2D eigenvalue weighted by molar-refractivity contribution is 7.89. The number of benzene rings is 2. The van der Waals surface area contributed by atoms with Crippen LogP contribution in [0.4, 0.5) is 5.69 Å². The fourth-order valence-corrected chi connectivity index (χ4v) is 6.21. The highest BCUT2D eigenvalue weighted by Gasteiger charge is 2.35. The maximum Gasteiger partial charge on any atom is 0.246 e. The fourth-order valence-electron chi connectivity index (χ4n) is 3.75. The lowest BCUT2D eigenvalue weighted by Crippen LogP contribution is -2.43. The number of hydrogen-bond acceptors (Lipinski definition) is 7. The van der Waals surface area contributed by atoms with Crippen LogP contribution in [0.5, 0.6) is 11.5 Å². The van der Waals surface area contributed by atoms with Gasteiger partial charge in [-0.3, -0.25) is 4.79 Å². The van der Waals surface area contributed by atoms with Crippen molar-refractivity contribution in [2.24, 2.45) is 5.92 Å². The van der Waals surface area contributed by atoms with Gasteiger partial charge in [-0.2, -0.15) is 4.31 Å². The average molecular weight is 512 g/mol. The Morgan fingerprint density at radius 2 is 1.79 bits per heavy atom. The summed E-state index contributed by atoms with van der Waals surface area (Å²) in [5.74, 6) is -0.424. The van der Waals surface area contributed by atoms with E-state index >= 15 is 0 Å². The first-order chi connectivity index (χ1) is 16.0. The molecule has 3 rings (SSSR count). The molecule has 1 fully saturated rings. The van der Waals surface area contributed by atoms with Gasteiger partial charge < -0.3 is 14.8 Å². The summed E-state index contributed by atoms with van der Waals surface area (Å²) in [7, 11) is -3.50. The third-order valence-corrected chi connectivity index (χ3v) is 9.09. The molecule has 1 heterocycles. The summed E-state index contributed by atoms with van der Waals surface area (Å²) < 4.78 is 64.9. The van der Waals surface area contributed by atoms with Gasteiger partial charge in [0.25, 0.3) is 0 Å². The van der Waals surface area contributed by atoms with Crippen LogP contribution in [0.25, 0.3) is 0 Å². The molecule has 1 amide bonds. The molecule has 1 aliphatic rings. The van der Waals surface area contributed by atoms with Crippen molar-refractivity contribution in [1.29, 1.82) is 0 Å². The molecule has 186 valence electrons. The van der Waals surface area contributed by atoms with E-state index in [1.54, 1.807) is 19.1 Å². The van der Waals surface area contributed by atoms with Gasteiger partial charge in [0.15, 0.2) is 0 Å². The molecule has 1 saturated heterocycles. The maximum absolute atomic E-state index is 13.4. The van der Waals surface area contributed by atoms with Crippen LogP contribution in [-0.2, 0) is 24.8 Å². The van der Waals surface area contributed by atoms with E-state index in [1.807, 2.05) is 0 Å². The number of amides is 1. The number of carbonyl (C=O) groups is 1. The standard InChI is InChI=1S/C22H29N3O7S2/c1-15-7-9-18(33(27,28)23-2)13-19(15)24-22(26)16-6-5-11-25(14-16)34(29,30)21-12-17(31-3)8-10-20(21)32-4/h7-10,12-13,16,23H,5-6,11,14H2,1-4H3,(H,24,26)/t16-/m0/s1. The summed E-state index contributed by atoms with van der Waals surface area (Å²) in [6.45, 7) is 2.00. The molecule has 0 saturated carbocycles. The Hall–Kier alpha value is -2.67. The molecule has 12 heteroatoms. The highest BCUT2D eigenvalue weighted by Crippen LogP contribution is 2.33. The van der Waals surface area contributed by atoms with Gasteiger partial charge in [0, 0.05) is 24.8 Å². The molecule has 0 bridgehead atoms. The van der Waals surface area contributed by atoms with Crippen molar-refractivity contribution in [2.75, 3.05) is 39.7 Å². The molecule has 0 unspecified atom stereocenters. The number of aryl methyl sites for hydroxylation is 1. The van der Waals surface area contributed by atoms with E-state index in [0.29, 0.717) is 29.8 Å². The molecule has 2 aromatic carbocycles. The topological polar surface area (TPSA) is 131 Å². The second-order valence-corrected chi connectivity index (χ2v) is 11.7. The summed E-state index contributed by atoms with van der Waals surface area (Å²) in [4.78, 5) is 13.0. The van der Waals surface area contributed by atoms with Crippen LogP contribution in [0.2, 0.25) is 0 Å². The SMILES string of the molecule is CNS(=O)(=O)c1ccc(C)c(NC(=O)[C@H]2CCCN(S(=O)(=O)c3cc(OC)ccc3OC)C2)c1. The largest absolute Gasteiger partial charge is 0.497 e.